The van der Waals surface area contributed by atoms with Crippen LogP contribution in [-0.4, -0.2) is 21.3 Å². The molecule has 0 heterocycles. The third-order valence-electron chi connectivity index (χ3n) is 5.39. The molecule has 4 nitrogen and oxygen atoms in total. The van der Waals surface area contributed by atoms with Crippen LogP contribution in [-0.2, 0) is 16.0 Å². The molecular weight excluding hydrogens is 418 g/mol. The zero-order chi connectivity index (χ0) is 23.0. The Morgan fingerprint density at radius 1 is 0.875 bits per heavy atom. The van der Waals surface area contributed by atoms with Crippen molar-refractivity contribution in [1.29, 1.82) is 0 Å². The molecule has 2 aromatic carbocycles. The number of benzene rings is 2. The number of unbranched alkanes of at least 4 members (excludes halogenated alkanes) is 9. The fourth-order valence-electron chi connectivity index (χ4n) is 3.47. The summed E-state index contributed by atoms with van der Waals surface area (Å²) < 4.78 is 12.5. The molecule has 174 valence electrons. The second kappa shape index (κ2) is 15.5. The molecule has 0 bridgehead atoms. The van der Waals surface area contributed by atoms with Gasteiger partial charge in [-0.3, -0.25) is 4.79 Å². The standard InChI is InChI=1S/C27H37NO3S/c1-2-3-4-5-6-7-8-9-10-11-22-32(31)26-19-15-24(16-20-26)28-27(30)21-14-23-12-17-25(29)18-13-23/h12-21,29H,2-11,22H2,1H3,(H,28,30)/b21-14+. The highest BCUT2D eigenvalue weighted by Gasteiger charge is 2.10. The van der Waals surface area contributed by atoms with Crippen molar-refractivity contribution in [2.75, 3.05) is 11.1 Å². The van der Waals surface area contributed by atoms with E-state index in [9.17, 15) is 14.5 Å². The molecule has 0 aliphatic carbocycles. The first kappa shape index (κ1) is 26.0. The van der Waals surface area contributed by atoms with E-state index in [0.717, 1.165) is 23.3 Å². The second-order valence-electron chi connectivity index (χ2n) is 8.17. The molecule has 5 heteroatoms. The van der Waals surface area contributed by atoms with Gasteiger partial charge in [-0.15, -0.1) is 0 Å². The van der Waals surface area contributed by atoms with Gasteiger partial charge in [0.15, 0.2) is 4.90 Å². The Morgan fingerprint density at radius 3 is 2.03 bits per heavy atom. The lowest BCUT2D eigenvalue weighted by molar-refractivity contribution is -0.111. The Bertz CT molecular complexity index is 803. The molecule has 1 amide bonds. The van der Waals surface area contributed by atoms with Crippen molar-refractivity contribution in [1.82, 2.24) is 0 Å². The number of amides is 1. The Morgan fingerprint density at radius 2 is 1.44 bits per heavy atom. The third-order valence-corrected chi connectivity index (χ3v) is 6.85. The molecule has 0 saturated carbocycles. The van der Waals surface area contributed by atoms with Crippen LogP contribution in [0.1, 0.15) is 76.7 Å². The lowest BCUT2D eigenvalue weighted by Crippen LogP contribution is -2.09. The Hall–Kier alpha value is -2.24. The molecule has 1 unspecified atom stereocenters. The molecule has 32 heavy (non-hydrogen) atoms. The second-order valence-corrected chi connectivity index (χ2v) is 9.74. The average Bonchev–Trinajstić information content (AvgIpc) is 2.80. The predicted octanol–water partition coefficient (Wildman–Crippen LogP) is 7.07. The molecule has 0 saturated heterocycles. The van der Waals surface area contributed by atoms with E-state index in [0.29, 0.717) is 11.4 Å². The third kappa shape index (κ3) is 10.9. The molecule has 2 rings (SSSR count). The van der Waals surface area contributed by atoms with E-state index in [4.69, 9.17) is 0 Å². The highest BCUT2D eigenvalue weighted by atomic mass is 32.2. The Labute approximate surface area is 196 Å². The summed E-state index contributed by atoms with van der Waals surface area (Å²) in [6.07, 6.45) is 15.8. The van der Waals surface area contributed by atoms with Gasteiger partial charge in [0, 0.05) is 11.8 Å². The summed E-state index contributed by atoms with van der Waals surface area (Å²) in [5, 5.41) is 12.1. The summed E-state index contributed by atoms with van der Waals surface area (Å²) in [5.41, 5.74) is 1.50. The fourth-order valence-corrected chi connectivity index (χ4v) is 4.61. The van der Waals surface area contributed by atoms with Crippen LogP contribution in [0.25, 0.3) is 6.08 Å². The van der Waals surface area contributed by atoms with Gasteiger partial charge in [-0.1, -0.05) is 70.4 Å². The quantitative estimate of drug-likeness (QED) is 0.171. The van der Waals surface area contributed by atoms with Gasteiger partial charge in [0.25, 0.3) is 0 Å². The van der Waals surface area contributed by atoms with Crippen molar-refractivity contribution < 1.29 is 14.5 Å². The number of hydrogen-bond acceptors (Lipinski definition) is 3. The summed E-state index contributed by atoms with van der Waals surface area (Å²) in [6, 6.07) is 13.8. The Balaban J connectivity index is 1.62. The summed E-state index contributed by atoms with van der Waals surface area (Å²) in [6.45, 7) is 2.25. The van der Waals surface area contributed by atoms with Gasteiger partial charge in [0.1, 0.15) is 11.5 Å². The number of phenolic OH excluding ortho intramolecular Hbond substituents is 1. The average molecular weight is 456 g/mol. The lowest BCUT2D eigenvalue weighted by Gasteiger charge is -2.11. The SMILES string of the molecule is CCCCCCCCCCCC[S+]([O-])c1ccc(NC(=O)/C=C/c2ccc(O)cc2)cc1. The number of carbonyl (C=O) groups is 1. The molecule has 0 aliphatic rings. The van der Waals surface area contributed by atoms with E-state index in [1.54, 1.807) is 42.5 Å². The first-order valence-corrected chi connectivity index (χ1v) is 13.2. The van der Waals surface area contributed by atoms with Crippen molar-refractivity contribution in [3.05, 3.63) is 60.2 Å². The van der Waals surface area contributed by atoms with Crippen LogP contribution in [0.5, 0.6) is 5.75 Å². The van der Waals surface area contributed by atoms with Crippen LogP contribution in [0.4, 0.5) is 5.69 Å². The molecule has 0 radical (unpaired) electrons. The minimum Gasteiger partial charge on any atom is -0.611 e. The number of carbonyl (C=O) groups excluding carboxylic acids is 1. The first-order chi connectivity index (χ1) is 15.6. The summed E-state index contributed by atoms with van der Waals surface area (Å²) in [7, 11) is 0. The van der Waals surface area contributed by atoms with E-state index >= 15 is 0 Å². The molecule has 0 fully saturated rings. The molecular formula is C27H37NO3S. The van der Waals surface area contributed by atoms with Crippen LogP contribution < -0.4 is 5.32 Å². The largest absolute Gasteiger partial charge is 0.611 e. The summed E-state index contributed by atoms with van der Waals surface area (Å²) in [4.78, 5) is 12.9. The van der Waals surface area contributed by atoms with Crippen molar-refractivity contribution in [2.24, 2.45) is 0 Å². The van der Waals surface area contributed by atoms with Crippen molar-refractivity contribution in [3.63, 3.8) is 0 Å². The maximum absolute atomic E-state index is 12.5. The van der Waals surface area contributed by atoms with E-state index in [1.807, 2.05) is 12.1 Å². The number of aromatic hydroxyl groups is 1. The highest BCUT2D eigenvalue weighted by molar-refractivity contribution is 7.91. The van der Waals surface area contributed by atoms with Crippen molar-refractivity contribution in [2.45, 2.75) is 76.0 Å². The van der Waals surface area contributed by atoms with Crippen LogP contribution in [0, 0.1) is 0 Å². The summed E-state index contributed by atoms with van der Waals surface area (Å²) in [5.74, 6) is 0.645. The van der Waals surface area contributed by atoms with Gasteiger partial charge < -0.3 is 15.0 Å². The fraction of sp³-hybridized carbons (Fsp3) is 0.444. The van der Waals surface area contributed by atoms with E-state index < -0.39 is 11.2 Å². The molecule has 2 N–H and O–H groups in total. The smallest absolute Gasteiger partial charge is 0.248 e. The summed E-state index contributed by atoms with van der Waals surface area (Å²) >= 11 is -0.994. The monoisotopic (exact) mass is 455 g/mol. The van der Waals surface area contributed by atoms with E-state index in [-0.39, 0.29) is 11.7 Å². The van der Waals surface area contributed by atoms with Crippen LogP contribution in [0.2, 0.25) is 0 Å². The number of anilines is 1. The molecule has 0 aromatic heterocycles. The minimum atomic E-state index is -0.994. The van der Waals surface area contributed by atoms with E-state index in [2.05, 4.69) is 12.2 Å². The van der Waals surface area contributed by atoms with E-state index in [1.165, 1.54) is 57.4 Å². The zero-order valence-electron chi connectivity index (χ0n) is 19.2. The topological polar surface area (TPSA) is 72.4 Å². The highest BCUT2D eigenvalue weighted by Crippen LogP contribution is 2.18. The van der Waals surface area contributed by atoms with Gasteiger partial charge in [-0.2, -0.15) is 0 Å². The number of hydrogen-bond donors (Lipinski definition) is 2. The zero-order valence-corrected chi connectivity index (χ0v) is 20.0. The number of nitrogens with one attached hydrogen (secondary N) is 1. The maximum atomic E-state index is 12.5. The first-order valence-electron chi connectivity index (χ1n) is 11.8. The van der Waals surface area contributed by atoms with Gasteiger partial charge >= 0.3 is 0 Å². The van der Waals surface area contributed by atoms with Crippen molar-refractivity contribution >= 4 is 28.8 Å². The molecule has 1 atom stereocenters. The lowest BCUT2D eigenvalue weighted by atomic mass is 10.1. The Kier molecular flexibility index (Phi) is 12.6. The number of rotatable bonds is 15. The predicted molar refractivity (Wildman–Crippen MR) is 135 cm³/mol. The van der Waals surface area contributed by atoms with Gasteiger partial charge in [-0.05, 0) is 72.1 Å². The van der Waals surface area contributed by atoms with Crippen LogP contribution >= 0.6 is 0 Å². The number of phenols is 1. The van der Waals surface area contributed by atoms with Gasteiger partial charge in [-0.25, -0.2) is 0 Å². The van der Waals surface area contributed by atoms with Crippen LogP contribution in [0.15, 0.2) is 59.5 Å². The van der Waals surface area contributed by atoms with Gasteiger partial charge in [0.2, 0.25) is 5.91 Å². The minimum absolute atomic E-state index is 0.192. The molecule has 0 spiro atoms. The normalized spacial score (nSPS) is 12.2. The van der Waals surface area contributed by atoms with Crippen LogP contribution in [0.3, 0.4) is 0 Å². The van der Waals surface area contributed by atoms with Gasteiger partial charge in [0.05, 0.1) is 0 Å². The molecule has 0 aliphatic heterocycles. The molecule has 2 aromatic rings. The maximum Gasteiger partial charge on any atom is 0.248 e. The van der Waals surface area contributed by atoms with Crippen molar-refractivity contribution in [3.8, 4) is 5.75 Å².